The molecule has 210 valence electrons. The first-order valence-electron chi connectivity index (χ1n) is 14.0. The van der Waals surface area contributed by atoms with E-state index in [-0.39, 0.29) is 6.10 Å². The SMILES string of the molecule is C/C=C\C=C/C/C(C)=N\N(C)Cc1ccccc1.Nc1ncnn2c(CCCCN3CCC(O)CC3)ccc12. The quantitative estimate of drug-likeness (QED) is 0.155. The molecule has 0 amide bonds. The Morgan fingerprint density at radius 2 is 1.90 bits per heavy atom. The van der Waals surface area contributed by atoms with Crippen molar-refractivity contribution in [3.63, 3.8) is 0 Å². The number of aryl methyl sites for hydroxylation is 1. The molecule has 0 spiro atoms. The van der Waals surface area contributed by atoms with Crippen LogP contribution in [0.5, 0.6) is 0 Å². The van der Waals surface area contributed by atoms with Crippen molar-refractivity contribution in [2.24, 2.45) is 5.10 Å². The van der Waals surface area contributed by atoms with Crippen molar-refractivity contribution < 1.29 is 5.11 Å². The van der Waals surface area contributed by atoms with Crippen molar-refractivity contribution in [1.29, 1.82) is 0 Å². The van der Waals surface area contributed by atoms with E-state index >= 15 is 0 Å². The van der Waals surface area contributed by atoms with Crippen molar-refractivity contribution in [2.75, 3.05) is 32.4 Å². The zero-order valence-electron chi connectivity index (χ0n) is 23.8. The number of piperidine rings is 1. The number of hydrogen-bond acceptors (Lipinski definition) is 7. The van der Waals surface area contributed by atoms with Gasteiger partial charge in [0.1, 0.15) is 11.8 Å². The van der Waals surface area contributed by atoms with Gasteiger partial charge < -0.3 is 15.7 Å². The maximum absolute atomic E-state index is 9.49. The largest absolute Gasteiger partial charge is 0.393 e. The van der Waals surface area contributed by atoms with Crippen LogP contribution < -0.4 is 5.73 Å². The van der Waals surface area contributed by atoms with Crippen LogP contribution in [-0.4, -0.2) is 68.1 Å². The lowest BCUT2D eigenvalue weighted by Crippen LogP contribution is -2.36. The number of anilines is 1. The minimum atomic E-state index is -0.0847. The number of aliphatic hydroxyl groups is 1. The average molecular weight is 532 g/mol. The summed E-state index contributed by atoms with van der Waals surface area (Å²) < 4.78 is 1.89. The number of hydrazone groups is 1. The first kappa shape index (κ1) is 30.1. The highest BCUT2D eigenvalue weighted by atomic mass is 16.3. The molecule has 1 aromatic carbocycles. The molecule has 3 aromatic rings. The van der Waals surface area contributed by atoms with Gasteiger partial charge in [-0.3, -0.25) is 5.01 Å². The van der Waals surface area contributed by atoms with Gasteiger partial charge in [0.2, 0.25) is 0 Å². The van der Waals surface area contributed by atoms with Crippen molar-refractivity contribution in [3.8, 4) is 0 Å². The highest BCUT2D eigenvalue weighted by molar-refractivity contribution is 5.83. The van der Waals surface area contributed by atoms with Crippen molar-refractivity contribution in [1.82, 2.24) is 24.5 Å². The van der Waals surface area contributed by atoms with Gasteiger partial charge >= 0.3 is 0 Å². The van der Waals surface area contributed by atoms with E-state index < -0.39 is 0 Å². The Kier molecular flexibility index (Phi) is 12.7. The van der Waals surface area contributed by atoms with Crippen LogP contribution in [0.25, 0.3) is 5.52 Å². The lowest BCUT2D eigenvalue weighted by Gasteiger charge is -2.29. The number of aliphatic hydroxyl groups excluding tert-OH is 1. The number of aromatic nitrogens is 3. The molecule has 39 heavy (non-hydrogen) atoms. The van der Waals surface area contributed by atoms with E-state index in [4.69, 9.17) is 5.73 Å². The summed E-state index contributed by atoms with van der Waals surface area (Å²) in [6, 6.07) is 14.4. The number of nitrogens with two attached hydrogens (primary N) is 1. The minimum Gasteiger partial charge on any atom is -0.393 e. The Balaban J connectivity index is 0.000000219. The molecule has 4 rings (SSSR count). The molecule has 1 aliphatic heterocycles. The molecule has 0 saturated carbocycles. The molecule has 0 atom stereocenters. The minimum absolute atomic E-state index is 0.0847. The van der Waals surface area contributed by atoms with Gasteiger partial charge in [0.25, 0.3) is 0 Å². The molecule has 0 aliphatic carbocycles. The van der Waals surface area contributed by atoms with Crippen LogP contribution in [0.4, 0.5) is 5.82 Å². The van der Waals surface area contributed by atoms with Crippen LogP contribution in [0, 0.1) is 0 Å². The summed E-state index contributed by atoms with van der Waals surface area (Å²) >= 11 is 0. The van der Waals surface area contributed by atoms with E-state index in [0.29, 0.717) is 5.82 Å². The smallest absolute Gasteiger partial charge is 0.151 e. The third-order valence-electron chi connectivity index (χ3n) is 6.72. The maximum atomic E-state index is 9.49. The number of nitrogens with zero attached hydrogens (tertiary/aromatic N) is 6. The van der Waals surface area contributed by atoms with Gasteiger partial charge in [-0.1, -0.05) is 54.6 Å². The predicted octanol–water partition coefficient (Wildman–Crippen LogP) is 5.11. The number of fused-ring (bicyclic) bond motifs is 1. The van der Waals surface area contributed by atoms with Gasteiger partial charge in [0.05, 0.1) is 12.6 Å². The molecule has 1 aliphatic rings. The number of benzene rings is 1. The van der Waals surface area contributed by atoms with Crippen LogP contribution in [0.3, 0.4) is 0 Å². The molecule has 2 aromatic heterocycles. The molecule has 1 saturated heterocycles. The molecular formula is C31H45N7O. The van der Waals surface area contributed by atoms with Crippen molar-refractivity contribution in [3.05, 3.63) is 84.4 Å². The number of unbranched alkanes of at least 4 members (excludes halogenated alkanes) is 1. The average Bonchev–Trinajstić information content (AvgIpc) is 3.35. The zero-order valence-corrected chi connectivity index (χ0v) is 23.8. The molecule has 0 unspecified atom stereocenters. The summed E-state index contributed by atoms with van der Waals surface area (Å²) in [6.45, 7) is 8.09. The van der Waals surface area contributed by atoms with E-state index in [2.05, 4.69) is 69.5 Å². The molecule has 3 heterocycles. The van der Waals surface area contributed by atoms with Gasteiger partial charge in [-0.25, -0.2) is 9.50 Å². The summed E-state index contributed by atoms with van der Waals surface area (Å²) in [6.07, 6.45) is 15.7. The fraction of sp³-hybridized carbons (Fsp3) is 0.452. The third kappa shape index (κ3) is 10.7. The van der Waals surface area contributed by atoms with Gasteiger partial charge in [-0.05, 0) is 70.2 Å². The third-order valence-corrected chi connectivity index (χ3v) is 6.72. The van der Waals surface area contributed by atoms with Crippen molar-refractivity contribution >= 4 is 17.0 Å². The zero-order chi connectivity index (χ0) is 27.9. The van der Waals surface area contributed by atoms with Gasteiger partial charge in [-0.2, -0.15) is 10.2 Å². The Morgan fingerprint density at radius 1 is 1.13 bits per heavy atom. The second kappa shape index (κ2) is 16.5. The van der Waals surface area contributed by atoms with Crippen LogP contribution in [0.15, 0.2) is 78.2 Å². The van der Waals surface area contributed by atoms with E-state index in [9.17, 15) is 5.11 Å². The molecule has 3 N–H and O–H groups in total. The van der Waals surface area contributed by atoms with Crippen LogP contribution in [0.1, 0.15) is 57.2 Å². The lowest BCUT2D eigenvalue weighted by atomic mass is 10.1. The van der Waals surface area contributed by atoms with Gasteiger partial charge in [0, 0.05) is 38.0 Å². The highest BCUT2D eigenvalue weighted by Gasteiger charge is 2.16. The highest BCUT2D eigenvalue weighted by Crippen LogP contribution is 2.16. The summed E-state index contributed by atoms with van der Waals surface area (Å²) in [5.74, 6) is 0.531. The Morgan fingerprint density at radius 3 is 2.64 bits per heavy atom. The summed E-state index contributed by atoms with van der Waals surface area (Å²) in [5.41, 5.74) is 10.3. The second-order valence-corrected chi connectivity index (χ2v) is 10.1. The lowest BCUT2D eigenvalue weighted by molar-refractivity contribution is 0.0818. The molecule has 8 heteroatoms. The Hall–Kier alpha value is -3.49. The molecule has 0 bridgehead atoms. The number of allylic oxidation sites excluding steroid dienone is 4. The maximum Gasteiger partial charge on any atom is 0.151 e. The number of nitrogen functional groups attached to an aromatic ring is 1. The summed E-state index contributed by atoms with van der Waals surface area (Å²) in [5, 5.41) is 20.3. The number of likely N-dealkylation sites (tertiary alicyclic amines) is 1. The van der Waals surface area contributed by atoms with Crippen LogP contribution >= 0.6 is 0 Å². The van der Waals surface area contributed by atoms with Crippen LogP contribution in [-0.2, 0) is 13.0 Å². The molecular weight excluding hydrogens is 486 g/mol. The second-order valence-electron chi connectivity index (χ2n) is 10.1. The summed E-state index contributed by atoms with van der Waals surface area (Å²) in [4.78, 5) is 6.45. The Labute approximate surface area is 233 Å². The fourth-order valence-corrected chi connectivity index (χ4v) is 4.62. The fourth-order valence-electron chi connectivity index (χ4n) is 4.62. The van der Waals surface area contributed by atoms with E-state index in [0.717, 1.165) is 69.5 Å². The molecule has 8 nitrogen and oxygen atoms in total. The van der Waals surface area contributed by atoms with Crippen LogP contribution in [0.2, 0.25) is 0 Å². The first-order valence-corrected chi connectivity index (χ1v) is 14.0. The predicted molar refractivity (Wildman–Crippen MR) is 162 cm³/mol. The molecule has 0 radical (unpaired) electrons. The summed E-state index contributed by atoms with van der Waals surface area (Å²) in [7, 11) is 2.01. The monoisotopic (exact) mass is 531 g/mol. The van der Waals surface area contributed by atoms with Gasteiger partial charge in [0.15, 0.2) is 5.82 Å². The number of hydrogen-bond donors (Lipinski definition) is 2. The van der Waals surface area contributed by atoms with Gasteiger partial charge in [-0.15, -0.1) is 0 Å². The van der Waals surface area contributed by atoms with E-state index in [1.165, 1.54) is 24.0 Å². The topological polar surface area (TPSA) is 95.3 Å². The first-order chi connectivity index (χ1) is 19.0. The van der Waals surface area contributed by atoms with E-state index in [1.54, 1.807) is 0 Å². The normalized spacial score (nSPS) is 15.2. The standard InChI is InChI=1S/C16H22N2.C15H23N5O/c1-4-5-6-8-11-15(2)17-18(3)14-16-12-9-7-10-13-16;16-15-14-5-4-12(20(14)18-11-17-15)3-1-2-8-19-9-6-13(21)7-10-19/h4-10,12-13H,11,14H2,1-3H3;4-5,11,13,21H,1-3,6-10H2,(H2,16,17,18)/b5-4-,8-6-,17-15-;. The van der Waals surface area contributed by atoms with E-state index in [1.807, 2.05) is 47.8 Å². The molecule has 1 fully saturated rings. The van der Waals surface area contributed by atoms with Crippen molar-refractivity contribution in [2.45, 2.75) is 65.0 Å². The Bertz CT molecular complexity index is 1190. The number of rotatable bonds is 11.